The normalized spacial score (nSPS) is 19.5. The van der Waals surface area contributed by atoms with Gasteiger partial charge in [-0.2, -0.15) is 0 Å². The lowest BCUT2D eigenvalue weighted by atomic mass is 9.90. The number of fused-ring (bicyclic) bond motifs is 1. The molecule has 12 heteroatoms. The summed E-state index contributed by atoms with van der Waals surface area (Å²) in [5, 5.41) is 4.68. The Labute approximate surface area is 248 Å². The summed E-state index contributed by atoms with van der Waals surface area (Å²) >= 11 is 0. The van der Waals surface area contributed by atoms with E-state index < -0.39 is 10.0 Å². The Hall–Kier alpha value is -2.80. The van der Waals surface area contributed by atoms with Gasteiger partial charge in [-0.05, 0) is 63.6 Å². The number of rotatable bonds is 14. The van der Waals surface area contributed by atoms with Crippen LogP contribution in [0.2, 0.25) is 0 Å². The minimum atomic E-state index is -3.92. The number of nitrogens with zero attached hydrogens (tertiary/aromatic N) is 3. The van der Waals surface area contributed by atoms with Crippen LogP contribution in [-0.2, 0) is 25.9 Å². The number of hydrogen-bond acceptors (Lipinski definition) is 8. The van der Waals surface area contributed by atoms with Crippen molar-refractivity contribution in [3.05, 3.63) is 40.1 Å². The maximum Gasteiger partial charge on any atom is 0.277 e. The molecule has 1 aromatic carbocycles. The summed E-state index contributed by atoms with van der Waals surface area (Å²) in [6, 6.07) is 4.32. The Morgan fingerprint density at radius 3 is 2.57 bits per heavy atom. The number of imidazole rings is 1. The molecule has 0 amide bonds. The van der Waals surface area contributed by atoms with Crippen LogP contribution in [0.5, 0.6) is 5.75 Å². The van der Waals surface area contributed by atoms with Crippen LogP contribution in [0.1, 0.15) is 77.7 Å². The maximum absolute atomic E-state index is 13.7. The lowest BCUT2D eigenvalue weighted by Crippen LogP contribution is -2.46. The molecule has 42 heavy (non-hydrogen) atoms. The molecule has 2 N–H and O–H groups in total. The van der Waals surface area contributed by atoms with E-state index in [1.54, 1.807) is 24.6 Å². The van der Waals surface area contributed by atoms with Gasteiger partial charge in [0.15, 0.2) is 11.3 Å². The summed E-state index contributed by atoms with van der Waals surface area (Å²) in [5.74, 6) is 1.76. The van der Waals surface area contributed by atoms with E-state index in [1.807, 2.05) is 13.8 Å². The van der Waals surface area contributed by atoms with Crippen LogP contribution in [0, 0.1) is 12.8 Å². The summed E-state index contributed by atoms with van der Waals surface area (Å²) in [6.07, 6.45) is 5.14. The highest BCUT2D eigenvalue weighted by Gasteiger charge is 2.34. The Morgan fingerprint density at radius 1 is 1.14 bits per heavy atom. The molecule has 0 aliphatic heterocycles. The van der Waals surface area contributed by atoms with Crippen LogP contribution in [0.25, 0.3) is 16.9 Å². The summed E-state index contributed by atoms with van der Waals surface area (Å²) in [4.78, 5) is 20.5. The molecule has 0 saturated heterocycles. The van der Waals surface area contributed by atoms with Crippen molar-refractivity contribution in [1.29, 1.82) is 0 Å². The van der Waals surface area contributed by atoms with Crippen LogP contribution >= 0.6 is 0 Å². The molecule has 1 aliphatic carbocycles. The molecular weight excluding hydrogens is 558 g/mol. The molecule has 2 heterocycles. The first-order valence-corrected chi connectivity index (χ1v) is 16.6. The number of aromatic nitrogens is 4. The molecular formula is C30H45N5O6S. The van der Waals surface area contributed by atoms with Crippen molar-refractivity contribution in [1.82, 2.24) is 24.3 Å². The second-order valence-corrected chi connectivity index (χ2v) is 12.7. The van der Waals surface area contributed by atoms with Gasteiger partial charge in [0, 0.05) is 26.2 Å². The average Bonchev–Trinajstić information content (AvgIpc) is 3.29. The third-order valence-electron chi connectivity index (χ3n) is 8.09. The van der Waals surface area contributed by atoms with E-state index in [1.165, 1.54) is 12.1 Å². The number of methoxy groups -OCH3 is 1. The van der Waals surface area contributed by atoms with Crippen molar-refractivity contribution in [3.63, 3.8) is 0 Å². The van der Waals surface area contributed by atoms with Crippen molar-refractivity contribution in [2.75, 3.05) is 20.3 Å². The highest BCUT2D eigenvalue weighted by atomic mass is 32.2. The van der Waals surface area contributed by atoms with Crippen molar-refractivity contribution in [3.8, 4) is 17.1 Å². The number of benzene rings is 1. The molecule has 1 aliphatic rings. The van der Waals surface area contributed by atoms with Crippen LogP contribution in [-0.4, -0.2) is 66.6 Å². The van der Waals surface area contributed by atoms with Crippen molar-refractivity contribution in [2.45, 2.75) is 103 Å². The van der Waals surface area contributed by atoms with Crippen LogP contribution in [0.3, 0.4) is 0 Å². The van der Waals surface area contributed by atoms with E-state index in [4.69, 9.17) is 14.2 Å². The van der Waals surface area contributed by atoms with E-state index in [2.05, 4.69) is 33.6 Å². The smallest absolute Gasteiger partial charge is 0.277 e. The van der Waals surface area contributed by atoms with Gasteiger partial charge in [0.2, 0.25) is 10.0 Å². The summed E-state index contributed by atoms with van der Waals surface area (Å²) < 4.78 is 49.5. The average molecular weight is 604 g/mol. The van der Waals surface area contributed by atoms with Crippen molar-refractivity contribution >= 4 is 15.5 Å². The monoisotopic (exact) mass is 603 g/mol. The largest absolute Gasteiger partial charge is 0.493 e. The fraction of sp³-hybridized carbons (Fsp3) is 0.633. The molecule has 0 bridgehead atoms. The Bertz CT molecular complexity index is 1510. The predicted octanol–water partition coefficient (Wildman–Crippen LogP) is 4.41. The van der Waals surface area contributed by atoms with Crippen LogP contribution < -0.4 is 15.0 Å². The summed E-state index contributed by atoms with van der Waals surface area (Å²) in [5.41, 5.74) is 0.991. The second-order valence-electron chi connectivity index (χ2n) is 11.0. The fourth-order valence-corrected chi connectivity index (χ4v) is 6.92. The zero-order valence-corrected chi connectivity index (χ0v) is 26.4. The van der Waals surface area contributed by atoms with Gasteiger partial charge in [-0.1, -0.05) is 33.6 Å². The first-order valence-electron chi connectivity index (χ1n) is 15.1. The summed E-state index contributed by atoms with van der Waals surface area (Å²) in [7, 11) is -2.24. The van der Waals surface area contributed by atoms with Crippen LogP contribution in [0.4, 0.5) is 0 Å². The molecule has 0 radical (unpaired) electrons. The van der Waals surface area contributed by atoms with Gasteiger partial charge in [-0.25, -0.2) is 22.6 Å². The first-order chi connectivity index (χ1) is 20.1. The van der Waals surface area contributed by atoms with Crippen molar-refractivity contribution in [2.24, 2.45) is 5.92 Å². The van der Waals surface area contributed by atoms with Gasteiger partial charge >= 0.3 is 0 Å². The standard InChI is InChI=1S/C30H45N5O6S/c1-7-11-27-31-19(5)28-30(36)32-29(33-35(27)28)23-17-22(13-15-24(23)40-10-4)42(37,38)34-21-12-14-25(39-6)26(16-21)41-18-20(8-2)9-3/h13,15,17,20-21,25-26,34H,7-12,14,16,18H2,1-6H3,(H,32,33,36). The van der Waals surface area contributed by atoms with Gasteiger partial charge < -0.3 is 19.2 Å². The molecule has 232 valence electrons. The number of aromatic amines is 1. The van der Waals surface area contributed by atoms with Crippen LogP contribution in [0.15, 0.2) is 27.9 Å². The Balaban J connectivity index is 1.64. The van der Waals surface area contributed by atoms with Gasteiger partial charge in [-0.15, -0.1) is 5.10 Å². The third-order valence-corrected chi connectivity index (χ3v) is 9.61. The zero-order chi connectivity index (χ0) is 30.4. The fourth-order valence-electron chi connectivity index (χ4n) is 5.61. The van der Waals surface area contributed by atoms with E-state index in [9.17, 15) is 13.2 Å². The molecule has 0 spiro atoms. The van der Waals surface area contributed by atoms with Gasteiger partial charge in [0.1, 0.15) is 11.6 Å². The SMILES string of the molecule is CCCc1nc(C)c2c(=O)[nH]c(-c3cc(S(=O)(=O)NC4CCC(OC)C(OCC(CC)CC)C4)ccc3OCC)nn12. The lowest BCUT2D eigenvalue weighted by Gasteiger charge is -2.36. The van der Waals surface area contributed by atoms with E-state index >= 15 is 0 Å². The molecule has 2 aromatic heterocycles. The number of ether oxygens (including phenoxy) is 3. The molecule has 4 rings (SSSR count). The lowest BCUT2D eigenvalue weighted by molar-refractivity contribution is -0.0898. The van der Waals surface area contributed by atoms with Crippen molar-refractivity contribution < 1.29 is 22.6 Å². The minimum Gasteiger partial charge on any atom is -0.493 e. The van der Waals surface area contributed by atoms with E-state index in [0.717, 1.165) is 19.3 Å². The number of nitrogens with one attached hydrogen (secondary N) is 2. The van der Waals surface area contributed by atoms with Gasteiger partial charge in [0.05, 0.1) is 35.0 Å². The number of H-pyrrole nitrogens is 1. The molecule has 11 nitrogen and oxygen atoms in total. The second kappa shape index (κ2) is 14.1. The number of hydrogen-bond donors (Lipinski definition) is 2. The molecule has 3 aromatic rings. The molecule has 3 atom stereocenters. The maximum atomic E-state index is 13.7. The zero-order valence-electron chi connectivity index (χ0n) is 25.6. The molecule has 3 unspecified atom stereocenters. The predicted molar refractivity (Wildman–Crippen MR) is 162 cm³/mol. The van der Waals surface area contributed by atoms with E-state index in [0.29, 0.717) is 73.2 Å². The topological polar surface area (TPSA) is 137 Å². The van der Waals surface area contributed by atoms with Gasteiger partial charge in [-0.3, -0.25) is 4.79 Å². The summed E-state index contributed by atoms with van der Waals surface area (Å²) in [6.45, 7) is 10.9. The van der Waals surface area contributed by atoms with Gasteiger partial charge in [0.25, 0.3) is 5.56 Å². The molecule has 1 saturated carbocycles. The minimum absolute atomic E-state index is 0.0580. The highest BCUT2D eigenvalue weighted by molar-refractivity contribution is 7.89. The highest BCUT2D eigenvalue weighted by Crippen LogP contribution is 2.32. The first kappa shape index (κ1) is 32.1. The quantitative estimate of drug-likeness (QED) is 0.277. The Kier molecular flexibility index (Phi) is 10.8. The third kappa shape index (κ3) is 7.04. The number of sulfonamides is 1. The van der Waals surface area contributed by atoms with E-state index in [-0.39, 0.29) is 34.5 Å². The molecule has 1 fully saturated rings. The Morgan fingerprint density at radius 2 is 1.90 bits per heavy atom. The number of aryl methyl sites for hydroxylation is 2.